The molecule has 8 N–H and O–H groups in total. The molecule has 6 atom stereocenters. The van der Waals surface area contributed by atoms with Gasteiger partial charge in [0, 0.05) is 69.7 Å². The fourth-order valence-corrected chi connectivity index (χ4v) is 8.16. The number of aryl methyl sites for hydroxylation is 1. The quantitative estimate of drug-likeness (QED) is 0.0103. The number of azo groups is 2. The average molecular weight is 1210 g/mol. The van der Waals surface area contributed by atoms with Gasteiger partial charge in [-0.1, -0.05) is 23.8 Å². The van der Waals surface area contributed by atoms with Crippen molar-refractivity contribution in [2.45, 2.75) is 107 Å². The molecule has 6 rings (SSSR count). The molecule has 468 valence electrons. The fourth-order valence-electron chi connectivity index (χ4n) is 8.16. The number of aliphatic hydroxyl groups is 3. The van der Waals surface area contributed by atoms with Crippen molar-refractivity contribution in [1.82, 2.24) is 30.5 Å². The summed E-state index contributed by atoms with van der Waals surface area (Å²) in [6, 6.07) is 22.9. The second-order valence-corrected chi connectivity index (χ2v) is 20.0. The number of aromatic nitrogens is 3. The Morgan fingerprint density at radius 3 is 2.02 bits per heavy atom. The number of carbonyl (C=O) groups excluding carboxylic acids is 2. The summed E-state index contributed by atoms with van der Waals surface area (Å²) in [5.41, 5.74) is 10.3. The number of alkyl halides is 3. The minimum atomic E-state index is -5.08. The summed E-state index contributed by atoms with van der Waals surface area (Å²) in [5.74, 6) is -1.91. The Kier molecular flexibility index (Phi) is 27.6. The number of unbranched alkanes of at least 4 members (excludes halogenated alkanes) is 2. The summed E-state index contributed by atoms with van der Waals surface area (Å²) in [6.45, 7) is 3.13. The monoisotopic (exact) mass is 1210 g/mol. The first-order valence-corrected chi connectivity index (χ1v) is 27.4. The van der Waals surface area contributed by atoms with Gasteiger partial charge < -0.3 is 70.3 Å². The molecule has 0 bridgehead atoms. The Morgan fingerprint density at radius 2 is 1.44 bits per heavy atom. The zero-order valence-corrected chi connectivity index (χ0v) is 48.3. The Balaban J connectivity index is 0.00000181. The Bertz CT molecular complexity index is 2980. The van der Waals surface area contributed by atoms with Gasteiger partial charge in [-0.2, -0.15) is 23.4 Å². The average Bonchev–Trinajstić information content (AvgIpc) is 3.48. The van der Waals surface area contributed by atoms with Crippen LogP contribution in [0.4, 0.5) is 47.3 Å². The van der Waals surface area contributed by atoms with Gasteiger partial charge in [-0.05, 0) is 113 Å². The van der Waals surface area contributed by atoms with Crippen molar-refractivity contribution in [3.63, 3.8) is 0 Å². The van der Waals surface area contributed by atoms with Crippen molar-refractivity contribution in [2.75, 3.05) is 73.1 Å². The van der Waals surface area contributed by atoms with Gasteiger partial charge in [-0.15, -0.1) is 15.3 Å². The minimum Gasteiger partial charge on any atom is -0.494 e. The molecule has 2 heterocycles. The molecule has 0 spiro atoms. The van der Waals surface area contributed by atoms with Crippen molar-refractivity contribution in [2.24, 2.45) is 26.2 Å². The molecule has 0 radical (unpaired) electrons. The van der Waals surface area contributed by atoms with Crippen molar-refractivity contribution in [1.29, 1.82) is 0 Å². The smallest absolute Gasteiger partial charge is 0.490 e. The zero-order chi connectivity index (χ0) is 62.8. The van der Waals surface area contributed by atoms with E-state index in [1.807, 2.05) is 62.4 Å². The van der Waals surface area contributed by atoms with Crippen molar-refractivity contribution in [3.8, 4) is 17.2 Å². The van der Waals surface area contributed by atoms with Crippen LogP contribution in [-0.4, -0.2) is 174 Å². The van der Waals surface area contributed by atoms with E-state index in [0.717, 1.165) is 30.6 Å². The second kappa shape index (κ2) is 34.6. The lowest BCUT2D eigenvalue weighted by atomic mass is 9.99. The van der Waals surface area contributed by atoms with Crippen LogP contribution in [-0.2, 0) is 43.4 Å². The molecule has 5 aromatic rings. The molecule has 1 aliphatic heterocycles. The third-order valence-electron chi connectivity index (χ3n) is 13.0. The number of non-ortho nitro benzene ring substituents is 1. The van der Waals surface area contributed by atoms with Crippen LogP contribution in [0.1, 0.15) is 56.2 Å². The summed E-state index contributed by atoms with van der Waals surface area (Å²) in [4.78, 5) is 48.6. The highest BCUT2D eigenvalue weighted by Crippen LogP contribution is 2.41. The number of aliphatic carboxylic acids is 1. The number of nitrogens with one attached hydrogen (secondary N) is 2. The van der Waals surface area contributed by atoms with Crippen LogP contribution in [0.2, 0.25) is 0 Å². The number of nitro groups is 1. The fraction of sp³-hybridized carbons (Fsp3) is 0.482. The van der Waals surface area contributed by atoms with Crippen LogP contribution >= 0.6 is 0 Å². The largest absolute Gasteiger partial charge is 0.494 e. The number of benzene rings is 4. The SMILES string of the molecule is COc1cc(/N=N/c2ccc([N+](=O)[O-])cc2)c(OC)cc1/N=N/c1ccc(N(C)CCCC(=O)NCCc2ccc(O[C@@H]3O[C@H](COCCCCn4cc(CNC(=O)[C@@H](N)CCCCN(C)C)nn4)[C@@H](O)[C@H](O)[C@H]3O)cc2)cc1.O=C(O)C(F)(F)F. The number of halogens is 3. The number of anilines is 1. The number of nitrogens with two attached hydrogens (primary N) is 1. The van der Waals surface area contributed by atoms with Crippen LogP contribution in [0.25, 0.3) is 0 Å². The molecule has 1 fully saturated rings. The molecule has 86 heavy (non-hydrogen) atoms. The Morgan fingerprint density at radius 1 is 0.826 bits per heavy atom. The number of nitrogens with zero attached hydrogens (tertiary/aromatic N) is 10. The van der Waals surface area contributed by atoms with Gasteiger partial charge in [0.05, 0.1) is 55.9 Å². The lowest BCUT2D eigenvalue weighted by Crippen LogP contribution is -2.60. The van der Waals surface area contributed by atoms with Gasteiger partial charge in [0.15, 0.2) is 0 Å². The molecule has 0 aliphatic carbocycles. The van der Waals surface area contributed by atoms with E-state index in [0.29, 0.717) is 110 Å². The van der Waals surface area contributed by atoms with Crippen LogP contribution in [0.3, 0.4) is 0 Å². The number of carboxylic acids is 1. The molecular formula is C56H74F3N13O14. The van der Waals surface area contributed by atoms with Crippen LogP contribution in [0.15, 0.2) is 112 Å². The number of nitro benzene ring substituents is 1. The first-order chi connectivity index (χ1) is 41.0. The van der Waals surface area contributed by atoms with Crippen LogP contribution < -0.4 is 35.5 Å². The van der Waals surface area contributed by atoms with E-state index in [2.05, 4.69) is 46.3 Å². The number of ether oxygens (including phenoxy) is 5. The topological polar surface area (TPSA) is 358 Å². The molecule has 4 aromatic carbocycles. The van der Waals surface area contributed by atoms with E-state index in [-0.39, 0.29) is 30.7 Å². The standard InChI is InChI=1S/C54H73N13O12.C2HF3O2/c1-64(2)27-7-6-11-43(55)53(72)57-33-39-34-66(63-60-39)29-8-9-30-77-35-48-50(69)51(70)52(71)54(79-48)78-42-23-13-36(14-24-42)25-26-56-49(68)12-10-28-65(3)40-19-15-37(16-20-40)58-61-44-31-47(76-5)45(32-46(44)75-4)62-59-38-17-21-41(22-18-38)67(73)74;3-2(4,5)1(6)7/h13-24,31-32,34,43,48,50-52,54,69-71H,6-12,25-30,33,35,55H2,1-5H3,(H,56,68)(H,57,72);(H,6,7)/b61-58+,62-59+;/t43-,48+,50+,51-,52+,54+;/m0./s1. The number of rotatable bonds is 32. The Labute approximate surface area is 494 Å². The second-order valence-electron chi connectivity index (χ2n) is 20.0. The molecule has 1 aliphatic rings. The van der Waals surface area contributed by atoms with E-state index in [1.54, 1.807) is 35.1 Å². The maximum atomic E-state index is 12.7. The third-order valence-corrected chi connectivity index (χ3v) is 13.0. The van der Waals surface area contributed by atoms with Crippen molar-refractivity contribution < 1.29 is 76.6 Å². The lowest BCUT2D eigenvalue weighted by molar-refractivity contribution is -0.384. The summed E-state index contributed by atoms with van der Waals surface area (Å²) in [5, 5.41) is 81.2. The van der Waals surface area contributed by atoms with Gasteiger partial charge in [0.25, 0.3) is 5.69 Å². The van der Waals surface area contributed by atoms with Crippen molar-refractivity contribution in [3.05, 3.63) is 112 Å². The normalized spacial score (nSPS) is 17.2. The van der Waals surface area contributed by atoms with Crippen molar-refractivity contribution >= 4 is 51.9 Å². The van der Waals surface area contributed by atoms with E-state index in [4.69, 9.17) is 39.3 Å². The number of aliphatic hydroxyl groups excluding tert-OH is 3. The van der Waals surface area contributed by atoms with Gasteiger partial charge in [-0.3, -0.25) is 24.4 Å². The van der Waals surface area contributed by atoms with E-state index >= 15 is 0 Å². The summed E-state index contributed by atoms with van der Waals surface area (Å²) in [6.07, 6.45) is -4.59. The highest BCUT2D eigenvalue weighted by Gasteiger charge is 2.45. The minimum absolute atomic E-state index is 0.0400. The predicted molar refractivity (Wildman–Crippen MR) is 306 cm³/mol. The van der Waals surface area contributed by atoms with Crippen LogP contribution in [0, 0.1) is 10.1 Å². The van der Waals surface area contributed by atoms with E-state index in [9.17, 15) is 48.2 Å². The maximum Gasteiger partial charge on any atom is 0.490 e. The molecule has 2 amide bonds. The first kappa shape index (κ1) is 68.5. The van der Waals surface area contributed by atoms with E-state index < -0.39 is 53.8 Å². The van der Waals surface area contributed by atoms with Gasteiger partial charge in [0.1, 0.15) is 58.7 Å². The molecule has 1 saturated heterocycles. The number of carboxylic acid groups (broad SMARTS) is 1. The highest BCUT2D eigenvalue weighted by atomic mass is 19.4. The molecule has 27 nitrogen and oxygen atoms in total. The lowest BCUT2D eigenvalue weighted by Gasteiger charge is -2.40. The summed E-state index contributed by atoms with van der Waals surface area (Å²) < 4.78 is 62.0. The highest BCUT2D eigenvalue weighted by molar-refractivity contribution is 5.81. The number of hydrogen-bond acceptors (Lipinski definition) is 22. The molecular weight excluding hydrogens is 1140 g/mol. The number of carbonyl (C=O) groups is 3. The number of methoxy groups -OCH3 is 2. The zero-order valence-electron chi connectivity index (χ0n) is 48.3. The molecule has 0 saturated carbocycles. The Hall–Kier alpha value is -8.26. The van der Waals surface area contributed by atoms with Crippen LogP contribution in [0.5, 0.6) is 17.2 Å². The third kappa shape index (κ3) is 23.0. The summed E-state index contributed by atoms with van der Waals surface area (Å²) in [7, 11) is 8.94. The summed E-state index contributed by atoms with van der Waals surface area (Å²) >= 11 is 0. The maximum absolute atomic E-state index is 12.7. The van der Waals surface area contributed by atoms with Gasteiger partial charge in [-0.25, -0.2) is 4.79 Å². The predicted octanol–water partition coefficient (Wildman–Crippen LogP) is 6.60. The number of hydrogen-bond donors (Lipinski definition) is 7. The van der Waals surface area contributed by atoms with Gasteiger partial charge in [0.2, 0.25) is 18.1 Å². The number of amides is 2. The molecule has 1 aromatic heterocycles. The van der Waals surface area contributed by atoms with E-state index in [1.165, 1.54) is 38.5 Å². The van der Waals surface area contributed by atoms with Gasteiger partial charge >= 0.3 is 12.1 Å². The first-order valence-electron chi connectivity index (χ1n) is 27.4. The molecule has 0 unspecified atom stereocenters. The molecule has 30 heteroatoms.